The molecule has 4 aromatic carbocycles. The molecule has 0 bridgehead atoms. The minimum Gasteiger partial charge on any atom is -0.333 e. The van der Waals surface area contributed by atoms with Crippen LogP contribution in [0.4, 0.5) is 0 Å². The Hall–Kier alpha value is -4.08. The van der Waals surface area contributed by atoms with Gasteiger partial charge in [-0.05, 0) is 73.4 Å². The van der Waals surface area contributed by atoms with Gasteiger partial charge in [0.05, 0.1) is 11.3 Å². The maximum absolute atomic E-state index is 4.87. The average molecular weight is 759 g/mol. The van der Waals surface area contributed by atoms with Gasteiger partial charge in [0.15, 0.2) is 0 Å². The third-order valence-corrected chi connectivity index (χ3v) is 7.70. The van der Waals surface area contributed by atoms with Crippen LogP contribution in [0.2, 0.25) is 0 Å². The fourth-order valence-electron chi connectivity index (χ4n) is 5.99. The number of aryl methyl sites for hydroxylation is 4. The number of fused-ring (bicyclic) bond motifs is 6. The molecule has 7 aromatic rings. The molecule has 0 amide bonds. The molecule has 224 valence electrons. The van der Waals surface area contributed by atoms with E-state index >= 15 is 0 Å². The summed E-state index contributed by atoms with van der Waals surface area (Å²) in [5.74, 6) is 1.68. The molecule has 5 nitrogen and oxygen atoms in total. The van der Waals surface area contributed by atoms with Crippen LogP contribution in [0.1, 0.15) is 49.1 Å². The molecular formula is C38H37N5Pt. The number of hydrogen-bond acceptors (Lipinski definition) is 3. The van der Waals surface area contributed by atoms with Gasteiger partial charge in [0.25, 0.3) is 0 Å². The monoisotopic (exact) mass is 758 g/mol. The van der Waals surface area contributed by atoms with E-state index in [1.54, 1.807) is 4.68 Å². The molecule has 0 aliphatic heterocycles. The number of imidazole rings is 1. The van der Waals surface area contributed by atoms with Crippen LogP contribution in [0.25, 0.3) is 44.3 Å². The Morgan fingerprint density at radius 3 is 2.20 bits per heavy atom. The summed E-state index contributed by atoms with van der Waals surface area (Å²) in [6.45, 7) is 15.0. The molecule has 0 atom stereocenters. The smallest absolute Gasteiger partial charge is 0.333 e. The fraction of sp³-hybridized carbons (Fsp3) is 0.237. The number of hydrogen-bond donors (Lipinski definition) is 0. The summed E-state index contributed by atoms with van der Waals surface area (Å²) in [5, 5.41) is 7.82. The zero-order valence-electron chi connectivity index (χ0n) is 26.3. The van der Waals surface area contributed by atoms with Crippen molar-refractivity contribution in [1.29, 1.82) is 0 Å². The summed E-state index contributed by atoms with van der Waals surface area (Å²) in [6.07, 6.45) is 3.07. The Balaban J connectivity index is 0.000000230. The van der Waals surface area contributed by atoms with Crippen molar-refractivity contribution in [3.63, 3.8) is 0 Å². The van der Waals surface area contributed by atoms with Crippen molar-refractivity contribution in [1.82, 2.24) is 24.1 Å². The molecule has 0 N–H and O–H groups in total. The van der Waals surface area contributed by atoms with Gasteiger partial charge in [0.2, 0.25) is 0 Å². The molecular weight excluding hydrogens is 722 g/mol. The van der Waals surface area contributed by atoms with E-state index in [0.29, 0.717) is 0 Å². The van der Waals surface area contributed by atoms with Crippen molar-refractivity contribution in [3.05, 3.63) is 126 Å². The average Bonchev–Trinajstić information content (AvgIpc) is 3.56. The molecule has 0 aliphatic carbocycles. The number of rotatable bonds is 3. The third kappa shape index (κ3) is 6.12. The molecule has 0 aliphatic rings. The molecule has 0 spiro atoms. The van der Waals surface area contributed by atoms with Crippen LogP contribution < -0.4 is 0 Å². The summed E-state index contributed by atoms with van der Waals surface area (Å²) in [6, 6.07) is 33.9. The molecule has 0 unspecified atom stereocenters. The second kappa shape index (κ2) is 12.5. The van der Waals surface area contributed by atoms with E-state index in [0.717, 1.165) is 40.5 Å². The normalized spacial score (nSPS) is 11.4. The van der Waals surface area contributed by atoms with E-state index in [1.807, 2.05) is 50.4 Å². The molecule has 6 heteroatoms. The molecule has 0 radical (unpaired) electrons. The van der Waals surface area contributed by atoms with Crippen LogP contribution in [0.3, 0.4) is 0 Å². The topological polar surface area (TPSA) is 48.0 Å². The van der Waals surface area contributed by atoms with Gasteiger partial charge >= 0.3 is 21.1 Å². The first-order valence-corrected chi connectivity index (χ1v) is 14.8. The number of pyridine rings is 1. The Bertz CT molecular complexity index is 2060. The molecule has 0 fully saturated rings. The molecule has 44 heavy (non-hydrogen) atoms. The quantitative estimate of drug-likeness (QED) is 0.134. The minimum absolute atomic E-state index is 0. The summed E-state index contributed by atoms with van der Waals surface area (Å²) in [5.41, 5.74) is 9.67. The van der Waals surface area contributed by atoms with E-state index in [1.165, 1.54) is 38.5 Å². The van der Waals surface area contributed by atoms with Crippen LogP contribution in [-0.4, -0.2) is 24.1 Å². The summed E-state index contributed by atoms with van der Waals surface area (Å²) >= 11 is 0. The fourth-order valence-corrected chi connectivity index (χ4v) is 5.99. The van der Waals surface area contributed by atoms with Crippen LogP contribution in [0.5, 0.6) is 0 Å². The van der Waals surface area contributed by atoms with Gasteiger partial charge in [-0.3, -0.25) is 4.98 Å². The van der Waals surface area contributed by atoms with Gasteiger partial charge in [-0.25, -0.2) is 9.67 Å². The van der Waals surface area contributed by atoms with Crippen molar-refractivity contribution in [3.8, 4) is 16.9 Å². The van der Waals surface area contributed by atoms with Crippen LogP contribution in [0.15, 0.2) is 85.1 Å². The first kappa shape index (κ1) is 31.3. The maximum Gasteiger partial charge on any atom is 2.00 e. The van der Waals surface area contributed by atoms with E-state index in [4.69, 9.17) is 4.98 Å². The first-order chi connectivity index (χ1) is 20.6. The number of para-hydroxylation sites is 1. The van der Waals surface area contributed by atoms with Gasteiger partial charge < -0.3 is 4.40 Å². The van der Waals surface area contributed by atoms with Gasteiger partial charge in [0, 0.05) is 17.3 Å². The largest absolute Gasteiger partial charge is 2.00 e. The van der Waals surface area contributed by atoms with Crippen molar-refractivity contribution in [2.75, 3.05) is 0 Å². The molecule has 3 aromatic heterocycles. The minimum atomic E-state index is 0. The van der Waals surface area contributed by atoms with E-state index < -0.39 is 0 Å². The SMILES string of the molecule is Cc1cccc(C)c1-c1cnc2c3[c-]cccc3c3cc(CC(C)(C)C)ccc3n12.Cc1nc(C)n(-c2[c-]cccc2)n1.[Pt+2]. The maximum atomic E-state index is 4.87. The molecule has 7 rings (SSSR count). The summed E-state index contributed by atoms with van der Waals surface area (Å²) in [4.78, 5) is 9.09. The van der Waals surface area contributed by atoms with Crippen molar-refractivity contribution < 1.29 is 21.1 Å². The zero-order chi connectivity index (χ0) is 30.3. The van der Waals surface area contributed by atoms with Gasteiger partial charge in [-0.15, -0.1) is 35.7 Å². The second-order valence-electron chi connectivity index (χ2n) is 12.5. The number of nitrogens with zero attached hydrogens (tertiary/aromatic N) is 5. The first-order valence-electron chi connectivity index (χ1n) is 14.8. The van der Waals surface area contributed by atoms with Crippen molar-refractivity contribution in [2.45, 2.75) is 54.9 Å². The Morgan fingerprint density at radius 1 is 0.795 bits per heavy atom. The van der Waals surface area contributed by atoms with Crippen LogP contribution in [-0.2, 0) is 27.5 Å². The van der Waals surface area contributed by atoms with E-state index in [2.05, 4.69) is 110 Å². The Morgan fingerprint density at radius 2 is 1.55 bits per heavy atom. The molecule has 0 saturated heterocycles. The zero-order valence-corrected chi connectivity index (χ0v) is 28.6. The Kier molecular flexibility index (Phi) is 8.90. The molecule has 3 heterocycles. The predicted molar refractivity (Wildman–Crippen MR) is 177 cm³/mol. The second-order valence-corrected chi connectivity index (χ2v) is 12.5. The van der Waals surface area contributed by atoms with Crippen LogP contribution in [0, 0.1) is 45.2 Å². The standard InChI is InChI=1S/C28H27N2.C10H10N3.Pt/c1-18-9-8-10-19(2)26(18)25-17-29-27-22-12-7-6-11-21(22)23-15-20(16-28(3,4)5)13-14-24(23)30(25)27;1-8-11-9(2)13(12-8)10-6-4-3-5-7-10;/h6-11,13-15,17H,16H2,1-5H3;3-6H,1-2H3;/q2*-1;+2. The van der Waals surface area contributed by atoms with Crippen molar-refractivity contribution in [2.24, 2.45) is 5.41 Å². The van der Waals surface area contributed by atoms with Crippen LogP contribution >= 0.6 is 0 Å². The Labute approximate surface area is 274 Å². The number of benzene rings is 4. The van der Waals surface area contributed by atoms with Gasteiger partial charge in [-0.1, -0.05) is 56.5 Å². The van der Waals surface area contributed by atoms with E-state index in [9.17, 15) is 0 Å². The summed E-state index contributed by atoms with van der Waals surface area (Å²) < 4.78 is 4.11. The molecule has 0 saturated carbocycles. The van der Waals surface area contributed by atoms with E-state index in [-0.39, 0.29) is 26.5 Å². The third-order valence-electron chi connectivity index (χ3n) is 7.70. The van der Waals surface area contributed by atoms with Gasteiger partial charge in [-0.2, -0.15) is 29.4 Å². The van der Waals surface area contributed by atoms with Crippen molar-refractivity contribution >= 4 is 27.3 Å². The summed E-state index contributed by atoms with van der Waals surface area (Å²) in [7, 11) is 0. The number of aromatic nitrogens is 5. The van der Waals surface area contributed by atoms with Gasteiger partial charge in [0.1, 0.15) is 11.6 Å². The predicted octanol–water partition coefficient (Wildman–Crippen LogP) is 9.00.